The van der Waals surface area contributed by atoms with Gasteiger partial charge in [-0.1, -0.05) is 28.1 Å². The molecule has 0 spiro atoms. The highest BCUT2D eigenvalue weighted by atomic mass is 79.9. The van der Waals surface area contributed by atoms with E-state index in [-0.39, 0.29) is 29.3 Å². The van der Waals surface area contributed by atoms with Gasteiger partial charge < -0.3 is 9.64 Å². The van der Waals surface area contributed by atoms with E-state index in [9.17, 15) is 4.79 Å². The van der Waals surface area contributed by atoms with Gasteiger partial charge in [0.05, 0.1) is 13.7 Å². The standard InChI is InChI=1S/C20H21BrN2O2.BrH/c1-25-18-11-9-17(10-12-18)23(20-4-2-3-13-22-20)14-19(24)15-5-7-16(21)8-6-15;/h5-12H,2-4,13-14H2,1H3;1H. The van der Waals surface area contributed by atoms with Crippen LogP contribution in [0.25, 0.3) is 0 Å². The average molecular weight is 482 g/mol. The largest absolute Gasteiger partial charge is 0.497 e. The molecule has 2 aromatic carbocycles. The molecule has 138 valence electrons. The van der Waals surface area contributed by atoms with Crippen LogP contribution >= 0.6 is 32.9 Å². The summed E-state index contributed by atoms with van der Waals surface area (Å²) in [5, 5.41) is 0. The number of hydrogen-bond acceptors (Lipinski definition) is 4. The Morgan fingerprint density at radius 3 is 2.38 bits per heavy atom. The van der Waals surface area contributed by atoms with E-state index in [0.29, 0.717) is 5.56 Å². The summed E-state index contributed by atoms with van der Waals surface area (Å²) >= 11 is 3.41. The SMILES string of the molecule is Br.COc1ccc(N(CC(=O)c2ccc(Br)cc2)C2=NCCCC2)cc1. The second-order valence-corrected chi connectivity index (χ2v) is 6.88. The maximum atomic E-state index is 12.8. The van der Waals surface area contributed by atoms with Gasteiger partial charge in [-0.3, -0.25) is 9.79 Å². The average Bonchev–Trinajstić information content (AvgIpc) is 2.67. The molecule has 4 nitrogen and oxygen atoms in total. The Bertz CT molecular complexity index is 758. The van der Waals surface area contributed by atoms with Crippen LogP contribution in [0, 0.1) is 0 Å². The number of hydrogen-bond donors (Lipinski definition) is 0. The number of ketones is 1. The first kappa shape index (κ1) is 20.6. The van der Waals surface area contributed by atoms with Crippen LogP contribution < -0.4 is 9.64 Å². The van der Waals surface area contributed by atoms with E-state index in [2.05, 4.69) is 20.9 Å². The lowest BCUT2D eigenvalue weighted by molar-refractivity contribution is 0.100. The molecule has 0 unspecified atom stereocenters. The van der Waals surface area contributed by atoms with Crippen LogP contribution in [-0.4, -0.2) is 31.8 Å². The Morgan fingerprint density at radius 2 is 1.81 bits per heavy atom. The molecule has 0 aliphatic carbocycles. The Morgan fingerprint density at radius 1 is 1.12 bits per heavy atom. The molecule has 0 amide bonds. The molecule has 0 radical (unpaired) electrons. The molecule has 3 rings (SSSR count). The van der Waals surface area contributed by atoms with Gasteiger partial charge in [0.15, 0.2) is 5.78 Å². The topological polar surface area (TPSA) is 41.9 Å². The number of ether oxygens (including phenoxy) is 1. The smallest absolute Gasteiger partial charge is 0.182 e. The number of nitrogens with zero attached hydrogens (tertiary/aromatic N) is 2. The molecule has 2 aromatic rings. The minimum absolute atomic E-state index is 0. The molecular weight excluding hydrogens is 460 g/mol. The molecule has 0 saturated heterocycles. The van der Waals surface area contributed by atoms with Crippen molar-refractivity contribution in [3.63, 3.8) is 0 Å². The quantitative estimate of drug-likeness (QED) is 0.543. The summed E-state index contributed by atoms with van der Waals surface area (Å²) in [5.41, 5.74) is 1.67. The van der Waals surface area contributed by atoms with Gasteiger partial charge in [0.2, 0.25) is 0 Å². The zero-order chi connectivity index (χ0) is 17.6. The molecule has 6 heteroatoms. The Hall–Kier alpha value is -1.66. The van der Waals surface area contributed by atoms with Crippen molar-refractivity contribution in [1.29, 1.82) is 0 Å². The molecule has 1 aliphatic rings. The van der Waals surface area contributed by atoms with E-state index in [0.717, 1.165) is 47.6 Å². The third-order valence-electron chi connectivity index (χ3n) is 4.27. The molecule has 0 saturated carbocycles. The Kier molecular flexibility index (Phi) is 7.85. The van der Waals surface area contributed by atoms with E-state index in [1.807, 2.05) is 53.4 Å². The minimum atomic E-state index is 0. The molecule has 0 N–H and O–H groups in total. The molecule has 1 heterocycles. The van der Waals surface area contributed by atoms with E-state index < -0.39 is 0 Å². The maximum Gasteiger partial charge on any atom is 0.182 e. The van der Waals surface area contributed by atoms with Crippen LogP contribution in [0.2, 0.25) is 0 Å². The van der Waals surface area contributed by atoms with Crippen molar-refractivity contribution in [3.8, 4) is 5.75 Å². The summed E-state index contributed by atoms with van der Waals surface area (Å²) in [7, 11) is 1.65. The molecule has 0 aromatic heterocycles. The number of methoxy groups -OCH3 is 1. The summed E-state index contributed by atoms with van der Waals surface area (Å²) in [6, 6.07) is 15.3. The lowest BCUT2D eigenvalue weighted by Gasteiger charge is -2.28. The van der Waals surface area contributed by atoms with Crippen molar-refractivity contribution in [2.45, 2.75) is 19.3 Å². The van der Waals surface area contributed by atoms with Crippen LogP contribution in [-0.2, 0) is 0 Å². The second-order valence-electron chi connectivity index (χ2n) is 5.97. The number of amidine groups is 1. The molecule has 0 fully saturated rings. The first-order valence-corrected chi connectivity index (χ1v) is 9.20. The summed E-state index contributed by atoms with van der Waals surface area (Å²) in [6.07, 6.45) is 3.12. The number of aliphatic imine (C=N–C) groups is 1. The lowest BCUT2D eigenvalue weighted by Crippen LogP contribution is -2.37. The number of anilines is 1. The number of carbonyl (C=O) groups excluding carboxylic acids is 1. The molecular formula is C20H22Br2N2O2. The Balaban J connectivity index is 0.00000243. The number of Topliss-reactive ketones (excluding diaryl/α,β-unsaturated/α-hetero) is 1. The monoisotopic (exact) mass is 480 g/mol. The van der Waals surface area contributed by atoms with Crippen LogP contribution in [0.15, 0.2) is 58.0 Å². The van der Waals surface area contributed by atoms with E-state index in [1.165, 1.54) is 0 Å². The number of carbonyl (C=O) groups is 1. The summed E-state index contributed by atoms with van der Waals surface area (Å²) < 4.78 is 6.20. The van der Waals surface area contributed by atoms with Gasteiger partial charge in [0.1, 0.15) is 11.6 Å². The van der Waals surface area contributed by atoms with Crippen molar-refractivity contribution >= 4 is 50.2 Å². The van der Waals surface area contributed by atoms with Gasteiger partial charge in [0, 0.05) is 28.7 Å². The predicted molar refractivity (Wildman–Crippen MR) is 115 cm³/mol. The third-order valence-corrected chi connectivity index (χ3v) is 4.80. The Labute approximate surface area is 173 Å². The van der Waals surface area contributed by atoms with E-state index in [1.54, 1.807) is 7.11 Å². The summed E-state index contributed by atoms with van der Waals surface area (Å²) in [4.78, 5) is 19.5. The molecule has 26 heavy (non-hydrogen) atoms. The van der Waals surface area contributed by atoms with Gasteiger partial charge in [-0.25, -0.2) is 0 Å². The highest BCUT2D eigenvalue weighted by Crippen LogP contribution is 2.23. The highest BCUT2D eigenvalue weighted by molar-refractivity contribution is 9.10. The van der Waals surface area contributed by atoms with Crippen molar-refractivity contribution in [2.75, 3.05) is 25.1 Å². The summed E-state index contributed by atoms with van der Waals surface area (Å²) in [5.74, 6) is 1.87. The molecule has 0 atom stereocenters. The van der Waals surface area contributed by atoms with Crippen LogP contribution in [0.3, 0.4) is 0 Å². The normalized spacial score (nSPS) is 13.4. The highest BCUT2D eigenvalue weighted by Gasteiger charge is 2.20. The van der Waals surface area contributed by atoms with Crippen LogP contribution in [0.1, 0.15) is 29.6 Å². The predicted octanol–water partition coefficient (Wildman–Crippen LogP) is 5.31. The summed E-state index contributed by atoms with van der Waals surface area (Å²) in [6.45, 7) is 1.11. The fraction of sp³-hybridized carbons (Fsp3) is 0.300. The lowest BCUT2D eigenvalue weighted by atomic mass is 10.1. The van der Waals surface area contributed by atoms with Gasteiger partial charge >= 0.3 is 0 Å². The van der Waals surface area contributed by atoms with E-state index >= 15 is 0 Å². The maximum absolute atomic E-state index is 12.8. The van der Waals surface area contributed by atoms with Crippen molar-refractivity contribution in [3.05, 3.63) is 58.6 Å². The van der Waals surface area contributed by atoms with Gasteiger partial charge in [-0.2, -0.15) is 0 Å². The first-order valence-electron chi connectivity index (χ1n) is 8.41. The van der Waals surface area contributed by atoms with Gasteiger partial charge in [0.25, 0.3) is 0 Å². The zero-order valence-corrected chi connectivity index (χ0v) is 18.0. The van der Waals surface area contributed by atoms with Crippen LogP contribution in [0.5, 0.6) is 5.75 Å². The number of benzene rings is 2. The first-order chi connectivity index (χ1) is 12.2. The minimum Gasteiger partial charge on any atom is -0.497 e. The number of rotatable bonds is 5. The molecule has 0 bridgehead atoms. The van der Waals surface area contributed by atoms with Crippen LogP contribution in [0.4, 0.5) is 5.69 Å². The molecule has 1 aliphatic heterocycles. The zero-order valence-electron chi connectivity index (χ0n) is 14.7. The van der Waals surface area contributed by atoms with Gasteiger partial charge in [-0.15, -0.1) is 17.0 Å². The fourth-order valence-electron chi connectivity index (χ4n) is 2.87. The van der Waals surface area contributed by atoms with Crippen molar-refractivity contribution in [1.82, 2.24) is 0 Å². The van der Waals surface area contributed by atoms with Gasteiger partial charge in [-0.05, 0) is 49.2 Å². The number of halogens is 2. The van der Waals surface area contributed by atoms with E-state index in [4.69, 9.17) is 4.74 Å². The van der Waals surface area contributed by atoms with Crippen molar-refractivity contribution in [2.24, 2.45) is 4.99 Å². The fourth-order valence-corrected chi connectivity index (χ4v) is 3.13. The second kappa shape index (κ2) is 9.88. The third kappa shape index (κ3) is 5.17. The van der Waals surface area contributed by atoms with Crippen molar-refractivity contribution < 1.29 is 9.53 Å².